The Balaban J connectivity index is 3.35. The van der Waals surface area contributed by atoms with Crippen molar-refractivity contribution in [1.82, 2.24) is 10.2 Å². The number of hydrogen-bond acceptors (Lipinski definition) is 4. The van der Waals surface area contributed by atoms with Gasteiger partial charge in [-0.25, -0.2) is 4.21 Å². The molecule has 0 saturated carbocycles. The highest BCUT2D eigenvalue weighted by Gasteiger charge is 2.15. The van der Waals surface area contributed by atoms with Crippen molar-refractivity contribution in [2.24, 2.45) is 0 Å². The van der Waals surface area contributed by atoms with E-state index in [1.165, 1.54) is 11.3 Å². The Bertz CT molecular complexity index is 402. The summed E-state index contributed by atoms with van der Waals surface area (Å²) < 4.78 is 12.7. The van der Waals surface area contributed by atoms with Crippen LogP contribution in [0.25, 0.3) is 0 Å². The lowest BCUT2D eigenvalue weighted by atomic mass is 10.9. The van der Waals surface area contributed by atoms with Gasteiger partial charge in [0.2, 0.25) is 4.34 Å². The molecule has 12 heavy (non-hydrogen) atoms. The SMILES string of the molecule is Cc1nnc(S(=O)(Br)=C(Br)Br)s1. The van der Waals surface area contributed by atoms with E-state index in [9.17, 15) is 4.21 Å². The Labute approximate surface area is 98.4 Å². The summed E-state index contributed by atoms with van der Waals surface area (Å²) in [5, 5.41) is 8.33. The molecule has 3 nitrogen and oxygen atoms in total. The van der Waals surface area contributed by atoms with Crippen molar-refractivity contribution in [3.8, 4) is 0 Å². The molecule has 0 radical (unpaired) electrons. The van der Waals surface area contributed by atoms with Gasteiger partial charge in [0, 0.05) is 14.8 Å². The predicted octanol–water partition coefficient (Wildman–Crippen LogP) is 2.68. The number of aryl methyl sites for hydroxylation is 1. The number of nitrogens with zero attached hydrogens (tertiary/aromatic N) is 2. The van der Waals surface area contributed by atoms with E-state index in [-0.39, 0.29) is 0 Å². The Morgan fingerprint density at radius 1 is 1.50 bits per heavy atom. The van der Waals surface area contributed by atoms with Crippen molar-refractivity contribution in [2.45, 2.75) is 11.3 Å². The second-order valence-electron chi connectivity index (χ2n) is 1.80. The lowest BCUT2D eigenvalue weighted by Crippen LogP contribution is -1.95. The Morgan fingerprint density at radius 3 is 2.42 bits per heavy atom. The van der Waals surface area contributed by atoms with Gasteiger partial charge in [0.05, 0.1) is 0 Å². The van der Waals surface area contributed by atoms with Crippen LogP contribution in [0.5, 0.6) is 0 Å². The lowest BCUT2D eigenvalue weighted by Gasteiger charge is -1.94. The van der Waals surface area contributed by atoms with Gasteiger partial charge in [-0.3, -0.25) is 0 Å². The second kappa shape index (κ2) is 4.04. The average Bonchev–Trinajstić information content (AvgIpc) is 2.35. The highest BCUT2D eigenvalue weighted by atomic mass is 79.9. The molecule has 1 aromatic rings. The summed E-state index contributed by atoms with van der Waals surface area (Å²) in [5.74, 6) is 0. The predicted molar refractivity (Wildman–Crippen MR) is 62.8 cm³/mol. The van der Waals surface area contributed by atoms with Crippen molar-refractivity contribution in [3.05, 3.63) is 5.01 Å². The van der Waals surface area contributed by atoms with Gasteiger partial charge in [-0.2, -0.15) is 0 Å². The van der Waals surface area contributed by atoms with E-state index in [0.29, 0.717) is 7.02 Å². The molecule has 68 valence electrons. The largest absolute Gasteiger partial charge is 0.247 e. The zero-order valence-electron chi connectivity index (χ0n) is 5.75. The number of rotatable bonds is 1. The molecule has 0 aliphatic carbocycles. The number of halogens is 3. The maximum Gasteiger partial charge on any atom is 0.208 e. The van der Waals surface area contributed by atoms with Crippen LogP contribution in [0.3, 0.4) is 0 Å². The molecule has 1 rings (SSSR count). The van der Waals surface area contributed by atoms with E-state index >= 15 is 0 Å². The van der Waals surface area contributed by atoms with Gasteiger partial charge in [-0.15, -0.1) is 10.2 Å². The first-order valence-electron chi connectivity index (χ1n) is 2.66. The standard InChI is InChI=1S/C4H3Br3N2OS2/c1-2-8-9-4(11-2)12(7,10)3(5)6/h1H3. The zero-order chi connectivity index (χ0) is 9.35. The molecule has 1 atom stereocenters. The molecule has 0 fully saturated rings. The summed E-state index contributed by atoms with van der Waals surface area (Å²) in [5.41, 5.74) is 0. The molecule has 0 amide bonds. The molecular weight excluding hydrogens is 396 g/mol. The van der Waals surface area contributed by atoms with Crippen molar-refractivity contribution in [1.29, 1.82) is 0 Å². The Kier molecular flexibility index (Phi) is 3.73. The normalized spacial score (nSPS) is 15.7. The topological polar surface area (TPSA) is 42.9 Å². The fourth-order valence-corrected chi connectivity index (χ4v) is 4.54. The highest BCUT2D eigenvalue weighted by Crippen LogP contribution is 2.26. The van der Waals surface area contributed by atoms with Crippen LogP contribution < -0.4 is 0 Å². The summed E-state index contributed by atoms with van der Waals surface area (Å²) in [7, 11) is -2.40. The monoisotopic (exact) mass is 396 g/mol. The summed E-state index contributed by atoms with van der Waals surface area (Å²) in [6.45, 7) is 1.81. The first kappa shape index (κ1) is 11.1. The zero-order valence-corrected chi connectivity index (χ0v) is 12.1. The van der Waals surface area contributed by atoms with Gasteiger partial charge in [0.1, 0.15) is 15.6 Å². The lowest BCUT2D eigenvalue weighted by molar-refractivity contribution is 0.689. The molecule has 1 unspecified atom stereocenters. The van der Waals surface area contributed by atoms with Crippen LogP contribution in [0.1, 0.15) is 5.01 Å². The molecule has 0 N–H and O–H groups in total. The minimum Gasteiger partial charge on any atom is -0.247 e. The van der Waals surface area contributed by atoms with Gasteiger partial charge in [-0.1, -0.05) is 11.3 Å². The van der Waals surface area contributed by atoms with Crippen molar-refractivity contribution < 1.29 is 4.21 Å². The minimum absolute atomic E-state index is 0.443. The van der Waals surface area contributed by atoms with Crippen LogP contribution >= 0.6 is 58.0 Å². The summed E-state index contributed by atoms with van der Waals surface area (Å²) in [6, 6.07) is 0. The molecule has 0 aromatic carbocycles. The van der Waals surface area contributed by atoms with Crippen LogP contribution in [-0.4, -0.2) is 17.1 Å². The molecule has 0 aliphatic heterocycles. The molecule has 0 spiro atoms. The Hall–Kier alpha value is 1.02. The van der Waals surface area contributed by atoms with E-state index in [0.717, 1.165) is 5.01 Å². The van der Waals surface area contributed by atoms with Crippen LogP contribution in [0, 0.1) is 6.92 Å². The summed E-state index contributed by atoms with van der Waals surface area (Å²) in [6.07, 6.45) is 0. The van der Waals surface area contributed by atoms with E-state index in [4.69, 9.17) is 0 Å². The van der Waals surface area contributed by atoms with Gasteiger partial charge in [-0.05, 0) is 38.8 Å². The van der Waals surface area contributed by atoms with Gasteiger partial charge < -0.3 is 0 Å². The van der Waals surface area contributed by atoms with E-state index in [1.807, 2.05) is 6.92 Å². The van der Waals surface area contributed by atoms with Crippen molar-refractivity contribution >= 4 is 68.6 Å². The van der Waals surface area contributed by atoms with Gasteiger partial charge in [0.25, 0.3) is 0 Å². The van der Waals surface area contributed by atoms with Gasteiger partial charge >= 0.3 is 0 Å². The second-order valence-corrected chi connectivity index (χ2v) is 11.4. The fraction of sp³-hybridized carbons (Fsp3) is 0.250. The van der Waals surface area contributed by atoms with Crippen LogP contribution in [-0.2, 0) is 7.96 Å². The van der Waals surface area contributed by atoms with Gasteiger partial charge in [0.15, 0.2) is 0 Å². The maximum atomic E-state index is 11.8. The van der Waals surface area contributed by atoms with Crippen molar-refractivity contribution in [2.75, 3.05) is 0 Å². The highest BCUT2D eigenvalue weighted by molar-refractivity contribution is 9.55. The molecule has 1 heterocycles. The first-order chi connectivity index (χ1) is 5.44. The number of aromatic nitrogens is 2. The summed E-state index contributed by atoms with van der Waals surface area (Å²) >= 11 is 10.6. The van der Waals surface area contributed by atoms with E-state index < -0.39 is 7.96 Å². The quantitative estimate of drug-likeness (QED) is 0.539. The molecule has 0 bridgehead atoms. The number of hydrogen-bond donors (Lipinski definition) is 0. The Morgan fingerprint density at radius 2 is 2.08 bits per heavy atom. The summed E-state index contributed by atoms with van der Waals surface area (Å²) in [4.78, 5) is 0. The molecule has 0 aliphatic rings. The maximum absolute atomic E-state index is 11.8. The third-order valence-electron chi connectivity index (χ3n) is 0.931. The molecule has 0 saturated heterocycles. The van der Waals surface area contributed by atoms with E-state index in [1.54, 1.807) is 0 Å². The van der Waals surface area contributed by atoms with Crippen LogP contribution in [0.15, 0.2) is 4.34 Å². The third kappa shape index (κ3) is 2.28. The third-order valence-corrected chi connectivity index (χ3v) is 11.3. The van der Waals surface area contributed by atoms with E-state index in [2.05, 4.69) is 56.9 Å². The average molecular weight is 399 g/mol. The minimum atomic E-state index is -2.40. The molecule has 8 heteroatoms. The first-order valence-corrected chi connectivity index (χ1v) is 8.47. The van der Waals surface area contributed by atoms with Crippen LogP contribution in [0.2, 0.25) is 0 Å². The van der Waals surface area contributed by atoms with Crippen molar-refractivity contribution in [3.63, 3.8) is 0 Å². The van der Waals surface area contributed by atoms with Crippen LogP contribution in [0.4, 0.5) is 0 Å². The molecule has 1 aromatic heterocycles. The fourth-order valence-electron chi connectivity index (χ4n) is 0.451. The molecular formula is C4H3Br3N2OS2. The smallest absolute Gasteiger partial charge is 0.208 e.